The van der Waals surface area contributed by atoms with Crippen molar-refractivity contribution in [1.82, 2.24) is 0 Å². The molecule has 1 atom stereocenters. The zero-order valence-corrected chi connectivity index (χ0v) is 22.7. The minimum absolute atomic E-state index is 0.111. The van der Waals surface area contributed by atoms with Gasteiger partial charge in [0.1, 0.15) is 11.4 Å². The molecule has 0 aliphatic carbocycles. The van der Waals surface area contributed by atoms with Gasteiger partial charge in [-0.1, -0.05) is 51.1 Å². The molecule has 0 heterocycles. The number of aryl methyl sites for hydroxylation is 1. The minimum Gasteiger partial charge on any atom is -0.543 e. The smallest absolute Gasteiger partial charge is 0.308 e. The zero-order chi connectivity index (χ0) is 25.0. The van der Waals surface area contributed by atoms with Crippen molar-refractivity contribution in [3.05, 3.63) is 59.7 Å². The van der Waals surface area contributed by atoms with Crippen LogP contribution in [0.5, 0.6) is 5.75 Å². The summed E-state index contributed by atoms with van der Waals surface area (Å²) in [5.74, 6) is 0.579. The molecule has 33 heavy (non-hydrogen) atoms. The van der Waals surface area contributed by atoms with Crippen LogP contribution in [0.3, 0.4) is 0 Å². The van der Waals surface area contributed by atoms with E-state index in [0.29, 0.717) is 0 Å². The average Bonchev–Trinajstić information content (AvgIpc) is 2.67. The van der Waals surface area contributed by atoms with Gasteiger partial charge in [-0.15, -0.1) is 0 Å². The van der Waals surface area contributed by atoms with Crippen LogP contribution in [0.25, 0.3) is 0 Å². The summed E-state index contributed by atoms with van der Waals surface area (Å²) in [6.07, 6.45) is 0.155. The summed E-state index contributed by atoms with van der Waals surface area (Å²) in [6.45, 7) is 22.6. The van der Waals surface area contributed by atoms with Gasteiger partial charge in [-0.2, -0.15) is 5.10 Å². The molecule has 0 saturated heterocycles. The molecule has 0 aliphatic heterocycles. The first-order chi connectivity index (χ1) is 15.1. The van der Waals surface area contributed by atoms with Crippen molar-refractivity contribution in [3.63, 3.8) is 0 Å². The highest BCUT2D eigenvalue weighted by Gasteiger charge is 2.39. The number of hydrogen-bond donors (Lipinski definition) is 0. The molecule has 0 aromatic heterocycles. The fourth-order valence-corrected chi connectivity index (χ4v) is 4.32. The molecule has 0 radical (unpaired) electrons. The van der Waals surface area contributed by atoms with Gasteiger partial charge < -0.3 is 9.16 Å². The number of benzene rings is 2. The standard InChI is InChI=1S/C27H40N2O3Si/c1-20-18-22(32-33(9,10)27(5,6)7)16-17-23(20)29(28-8)24(21-14-12-11-13-15-21)19-25(30)31-26(2,3)4/h11-18,24H,8,19H2,1-7,9-10H3. The van der Waals surface area contributed by atoms with E-state index in [2.05, 4.69) is 45.7 Å². The summed E-state index contributed by atoms with van der Waals surface area (Å²) in [7, 11) is -1.95. The molecule has 6 heteroatoms. The second-order valence-electron chi connectivity index (χ2n) is 11.0. The molecule has 0 spiro atoms. The normalized spacial score (nSPS) is 13.2. The number of esters is 1. The van der Waals surface area contributed by atoms with Crippen LogP contribution in [0.1, 0.15) is 65.1 Å². The highest BCUT2D eigenvalue weighted by atomic mass is 28.4. The number of carbonyl (C=O) groups is 1. The Hall–Kier alpha value is -2.60. The van der Waals surface area contributed by atoms with Crippen LogP contribution in [0.4, 0.5) is 5.69 Å². The molecule has 180 valence electrons. The van der Waals surface area contributed by atoms with Crippen molar-refractivity contribution >= 4 is 26.7 Å². The molecule has 0 amide bonds. The molecule has 0 fully saturated rings. The largest absolute Gasteiger partial charge is 0.543 e. The Labute approximate surface area is 200 Å². The highest BCUT2D eigenvalue weighted by Crippen LogP contribution is 2.39. The topological polar surface area (TPSA) is 51.1 Å². The van der Waals surface area contributed by atoms with Crippen LogP contribution in [-0.2, 0) is 9.53 Å². The fraction of sp³-hybridized carbons (Fsp3) is 0.481. The summed E-state index contributed by atoms with van der Waals surface area (Å²) >= 11 is 0. The second-order valence-corrected chi connectivity index (χ2v) is 15.7. The van der Waals surface area contributed by atoms with Crippen LogP contribution in [0.2, 0.25) is 18.1 Å². The molecular weight excluding hydrogens is 428 g/mol. The summed E-state index contributed by atoms with van der Waals surface area (Å²) in [5, 5.41) is 6.25. The van der Waals surface area contributed by atoms with Gasteiger partial charge in [-0.25, -0.2) is 0 Å². The van der Waals surface area contributed by atoms with Gasteiger partial charge >= 0.3 is 5.97 Å². The van der Waals surface area contributed by atoms with Crippen molar-refractivity contribution in [3.8, 4) is 5.75 Å². The van der Waals surface area contributed by atoms with Crippen LogP contribution >= 0.6 is 0 Å². The minimum atomic E-state index is -1.95. The summed E-state index contributed by atoms with van der Waals surface area (Å²) < 4.78 is 12.1. The molecule has 0 N–H and O–H groups in total. The Balaban J connectivity index is 2.41. The molecule has 0 saturated carbocycles. The number of carbonyl (C=O) groups excluding carboxylic acids is 1. The average molecular weight is 469 g/mol. The van der Waals surface area contributed by atoms with E-state index in [4.69, 9.17) is 9.16 Å². The lowest BCUT2D eigenvalue weighted by atomic mass is 10.0. The van der Waals surface area contributed by atoms with Crippen molar-refractivity contribution in [2.75, 3.05) is 5.01 Å². The Morgan fingerprint density at radius 1 is 1.06 bits per heavy atom. The lowest BCUT2D eigenvalue weighted by molar-refractivity contribution is -0.155. The van der Waals surface area contributed by atoms with Crippen LogP contribution in [-0.4, -0.2) is 26.6 Å². The van der Waals surface area contributed by atoms with E-state index in [-0.39, 0.29) is 23.5 Å². The molecule has 0 aliphatic rings. The van der Waals surface area contributed by atoms with E-state index in [9.17, 15) is 4.79 Å². The summed E-state index contributed by atoms with van der Waals surface area (Å²) in [6, 6.07) is 15.6. The van der Waals surface area contributed by atoms with Crippen LogP contribution < -0.4 is 9.43 Å². The molecule has 2 rings (SSSR count). The van der Waals surface area contributed by atoms with Crippen molar-refractivity contribution in [2.24, 2.45) is 5.10 Å². The predicted octanol–water partition coefficient (Wildman–Crippen LogP) is 7.27. The maximum atomic E-state index is 12.8. The zero-order valence-electron chi connectivity index (χ0n) is 21.7. The molecule has 2 aromatic rings. The van der Waals surface area contributed by atoms with Gasteiger partial charge in [-0.3, -0.25) is 9.80 Å². The maximum Gasteiger partial charge on any atom is 0.308 e. The number of anilines is 1. The first-order valence-electron chi connectivity index (χ1n) is 11.5. The van der Waals surface area contributed by atoms with E-state index in [1.165, 1.54) is 0 Å². The van der Waals surface area contributed by atoms with Gasteiger partial charge in [0.15, 0.2) is 0 Å². The fourth-order valence-electron chi connectivity index (χ4n) is 3.30. The highest BCUT2D eigenvalue weighted by molar-refractivity contribution is 6.74. The lowest BCUT2D eigenvalue weighted by Crippen LogP contribution is -2.43. The molecule has 5 nitrogen and oxygen atoms in total. The Kier molecular flexibility index (Phi) is 8.17. The second kappa shape index (κ2) is 10.1. The third-order valence-corrected chi connectivity index (χ3v) is 10.4. The number of rotatable bonds is 8. The van der Waals surface area contributed by atoms with Crippen molar-refractivity contribution in [2.45, 2.75) is 84.7 Å². The first-order valence-corrected chi connectivity index (χ1v) is 14.4. The van der Waals surface area contributed by atoms with E-state index >= 15 is 0 Å². The van der Waals surface area contributed by atoms with Crippen molar-refractivity contribution < 1.29 is 14.0 Å². The first kappa shape index (κ1) is 26.6. The van der Waals surface area contributed by atoms with Gasteiger partial charge in [0.05, 0.1) is 18.2 Å². The molecular formula is C27H40N2O3Si. The third kappa shape index (κ3) is 7.19. The van der Waals surface area contributed by atoms with Gasteiger partial charge in [0.2, 0.25) is 8.32 Å². The number of hydrazone groups is 1. The Bertz CT molecular complexity index is 960. The van der Waals surface area contributed by atoms with Gasteiger partial charge in [0.25, 0.3) is 0 Å². The number of nitrogens with zero attached hydrogens (tertiary/aromatic N) is 2. The molecule has 1 unspecified atom stereocenters. The van der Waals surface area contributed by atoms with Crippen LogP contribution in [0.15, 0.2) is 53.6 Å². The van der Waals surface area contributed by atoms with Gasteiger partial charge in [-0.05, 0) is 75.2 Å². The maximum absolute atomic E-state index is 12.8. The summed E-state index contributed by atoms with van der Waals surface area (Å²) in [5.41, 5.74) is 2.30. The SMILES string of the molecule is C=NN(c1ccc(O[Si](C)(C)C(C)(C)C)cc1C)C(CC(=O)OC(C)(C)C)c1ccccc1. The number of ether oxygens (including phenoxy) is 1. The molecule has 2 aromatic carbocycles. The summed E-state index contributed by atoms with van der Waals surface area (Å²) in [4.78, 5) is 12.8. The van der Waals surface area contributed by atoms with E-state index in [0.717, 1.165) is 22.6 Å². The lowest BCUT2D eigenvalue weighted by Gasteiger charge is -2.37. The Morgan fingerprint density at radius 2 is 1.67 bits per heavy atom. The van der Waals surface area contributed by atoms with E-state index < -0.39 is 13.9 Å². The van der Waals surface area contributed by atoms with E-state index in [1.807, 2.05) is 81.2 Å². The van der Waals surface area contributed by atoms with E-state index in [1.54, 1.807) is 0 Å². The quantitative estimate of drug-likeness (QED) is 0.177. The molecule has 0 bridgehead atoms. The number of hydrogen-bond acceptors (Lipinski definition) is 5. The Morgan fingerprint density at radius 3 is 2.15 bits per heavy atom. The monoisotopic (exact) mass is 468 g/mol. The van der Waals surface area contributed by atoms with Crippen LogP contribution in [0, 0.1) is 6.92 Å². The van der Waals surface area contributed by atoms with Crippen molar-refractivity contribution in [1.29, 1.82) is 0 Å². The third-order valence-electron chi connectivity index (χ3n) is 6.01. The predicted molar refractivity (Wildman–Crippen MR) is 141 cm³/mol. The van der Waals surface area contributed by atoms with Gasteiger partial charge in [0, 0.05) is 6.72 Å².